The first kappa shape index (κ1) is 11.8. The Morgan fingerprint density at radius 3 is 2.56 bits per heavy atom. The summed E-state index contributed by atoms with van der Waals surface area (Å²) in [6.45, 7) is 4.05. The fourth-order valence-corrected chi connectivity index (χ4v) is 2.04. The van der Waals surface area contributed by atoms with E-state index in [1.807, 2.05) is 13.8 Å². The van der Waals surface area contributed by atoms with Crippen LogP contribution in [0, 0.1) is 0 Å². The third-order valence-electron chi connectivity index (χ3n) is 2.04. The lowest BCUT2D eigenvalue weighted by Crippen LogP contribution is -2.10. The van der Waals surface area contributed by atoms with E-state index in [1.165, 1.54) is 0 Å². The number of imidazole rings is 1. The fraction of sp³-hybridized carbons (Fsp3) is 0.300. The van der Waals surface area contributed by atoms with Gasteiger partial charge in [-0.15, -0.1) is 0 Å². The first-order valence-electron chi connectivity index (χ1n) is 4.78. The van der Waals surface area contributed by atoms with Crippen molar-refractivity contribution in [2.75, 3.05) is 5.32 Å². The molecule has 0 atom stereocenters. The van der Waals surface area contributed by atoms with Crippen LogP contribution in [0.25, 0.3) is 11.0 Å². The average Bonchev–Trinajstić information content (AvgIpc) is 2.56. The molecule has 1 aromatic carbocycles. The molecule has 86 valence electrons. The van der Waals surface area contributed by atoms with Crippen LogP contribution in [0.5, 0.6) is 0 Å². The molecule has 1 heterocycles. The van der Waals surface area contributed by atoms with E-state index >= 15 is 0 Å². The third kappa shape index (κ3) is 2.08. The van der Waals surface area contributed by atoms with Gasteiger partial charge in [0.15, 0.2) is 0 Å². The Balaban J connectivity index is 2.57. The van der Waals surface area contributed by atoms with E-state index in [2.05, 4.69) is 15.3 Å². The molecule has 6 heteroatoms. The molecular formula is C10H10Cl3N3. The van der Waals surface area contributed by atoms with E-state index in [0.29, 0.717) is 26.5 Å². The Hall–Kier alpha value is -0.640. The van der Waals surface area contributed by atoms with Crippen molar-refractivity contribution in [2.24, 2.45) is 0 Å². The van der Waals surface area contributed by atoms with Gasteiger partial charge in [-0.1, -0.05) is 34.8 Å². The molecule has 0 bridgehead atoms. The monoisotopic (exact) mass is 277 g/mol. The molecule has 2 aromatic rings. The number of rotatable bonds is 2. The predicted octanol–water partition coefficient (Wildman–Crippen LogP) is 4.34. The number of benzene rings is 1. The van der Waals surface area contributed by atoms with Gasteiger partial charge in [-0.25, -0.2) is 4.98 Å². The minimum absolute atomic E-state index is 0.283. The second kappa shape index (κ2) is 4.32. The molecule has 0 unspecified atom stereocenters. The number of nitrogens with one attached hydrogen (secondary N) is 2. The second-order valence-electron chi connectivity index (χ2n) is 3.77. The molecule has 2 N–H and O–H groups in total. The predicted molar refractivity (Wildman–Crippen MR) is 69.9 cm³/mol. The number of anilines is 1. The molecule has 0 saturated carbocycles. The van der Waals surface area contributed by atoms with E-state index in [0.717, 1.165) is 5.52 Å². The Bertz CT molecular complexity index is 534. The molecule has 1 aromatic heterocycles. The number of hydrogen-bond donors (Lipinski definition) is 2. The van der Waals surface area contributed by atoms with E-state index in [9.17, 15) is 0 Å². The zero-order valence-electron chi connectivity index (χ0n) is 8.74. The Kier molecular flexibility index (Phi) is 3.19. The summed E-state index contributed by atoms with van der Waals surface area (Å²) in [5.41, 5.74) is 1.39. The van der Waals surface area contributed by atoms with Crippen LogP contribution in [0.4, 0.5) is 5.95 Å². The van der Waals surface area contributed by atoms with Gasteiger partial charge >= 0.3 is 0 Å². The van der Waals surface area contributed by atoms with Gasteiger partial charge in [-0.05, 0) is 19.9 Å². The van der Waals surface area contributed by atoms with Crippen molar-refractivity contribution >= 4 is 51.8 Å². The van der Waals surface area contributed by atoms with Crippen LogP contribution in [0.1, 0.15) is 13.8 Å². The summed E-state index contributed by atoms with van der Waals surface area (Å²) in [5, 5.41) is 4.27. The number of halogens is 3. The van der Waals surface area contributed by atoms with Gasteiger partial charge in [0.05, 0.1) is 20.6 Å². The molecule has 0 amide bonds. The molecule has 2 rings (SSSR count). The number of fused-ring (bicyclic) bond motifs is 1. The number of aromatic amines is 1. The summed E-state index contributed by atoms with van der Waals surface area (Å²) < 4.78 is 0. The first-order chi connectivity index (χ1) is 7.49. The minimum atomic E-state index is 0.283. The van der Waals surface area contributed by atoms with Gasteiger partial charge in [0.1, 0.15) is 5.52 Å². The molecule has 0 aliphatic carbocycles. The first-order valence-corrected chi connectivity index (χ1v) is 5.92. The smallest absolute Gasteiger partial charge is 0.201 e. The van der Waals surface area contributed by atoms with Crippen LogP contribution >= 0.6 is 34.8 Å². The number of hydrogen-bond acceptors (Lipinski definition) is 2. The Labute approximate surface area is 108 Å². The summed E-state index contributed by atoms with van der Waals surface area (Å²) in [5.74, 6) is 0.658. The highest BCUT2D eigenvalue weighted by molar-refractivity contribution is 6.50. The van der Waals surface area contributed by atoms with Crippen molar-refractivity contribution in [2.45, 2.75) is 19.9 Å². The van der Waals surface area contributed by atoms with Crippen LogP contribution in [0.3, 0.4) is 0 Å². The molecule has 0 spiro atoms. The van der Waals surface area contributed by atoms with Crippen molar-refractivity contribution in [1.29, 1.82) is 0 Å². The SMILES string of the molecule is CC(C)Nc1nc2c(Cl)c(Cl)c(Cl)cc2[nH]1. The van der Waals surface area contributed by atoms with Gasteiger partial charge in [0, 0.05) is 6.04 Å². The van der Waals surface area contributed by atoms with E-state index < -0.39 is 0 Å². The van der Waals surface area contributed by atoms with Crippen LogP contribution in [-0.4, -0.2) is 16.0 Å². The van der Waals surface area contributed by atoms with Crippen molar-refractivity contribution in [3.05, 3.63) is 21.1 Å². The minimum Gasteiger partial charge on any atom is -0.354 e. The zero-order chi connectivity index (χ0) is 11.9. The molecule has 0 radical (unpaired) electrons. The number of H-pyrrole nitrogens is 1. The van der Waals surface area contributed by atoms with Crippen molar-refractivity contribution in [3.63, 3.8) is 0 Å². The highest BCUT2D eigenvalue weighted by Crippen LogP contribution is 2.36. The lowest BCUT2D eigenvalue weighted by atomic mass is 10.3. The maximum absolute atomic E-state index is 6.05. The van der Waals surface area contributed by atoms with E-state index in [1.54, 1.807) is 6.07 Å². The van der Waals surface area contributed by atoms with Crippen LogP contribution in [0.2, 0.25) is 15.1 Å². The lowest BCUT2D eigenvalue weighted by Gasteiger charge is -2.04. The van der Waals surface area contributed by atoms with Crippen molar-refractivity contribution in [3.8, 4) is 0 Å². The normalized spacial score (nSPS) is 11.4. The second-order valence-corrected chi connectivity index (χ2v) is 4.93. The summed E-state index contributed by atoms with van der Waals surface area (Å²) in [6, 6.07) is 1.99. The standard InChI is InChI=1S/C10H10Cl3N3/c1-4(2)14-10-15-6-3-5(11)7(12)8(13)9(6)16-10/h3-4H,1-2H3,(H2,14,15,16). The molecule has 16 heavy (non-hydrogen) atoms. The average molecular weight is 279 g/mol. The summed E-state index contributed by atoms with van der Waals surface area (Å²) in [7, 11) is 0. The maximum Gasteiger partial charge on any atom is 0.201 e. The molecule has 0 fully saturated rings. The van der Waals surface area contributed by atoms with E-state index in [-0.39, 0.29) is 6.04 Å². The van der Waals surface area contributed by atoms with Crippen LogP contribution in [-0.2, 0) is 0 Å². The van der Waals surface area contributed by atoms with Crippen molar-refractivity contribution < 1.29 is 0 Å². The molecule has 3 nitrogen and oxygen atoms in total. The number of aromatic nitrogens is 2. The van der Waals surface area contributed by atoms with Crippen LogP contribution < -0.4 is 5.32 Å². The highest BCUT2D eigenvalue weighted by Gasteiger charge is 2.13. The summed E-state index contributed by atoms with van der Waals surface area (Å²) in [6.07, 6.45) is 0. The lowest BCUT2D eigenvalue weighted by molar-refractivity contribution is 0.883. The van der Waals surface area contributed by atoms with Crippen molar-refractivity contribution in [1.82, 2.24) is 9.97 Å². The summed E-state index contributed by atoms with van der Waals surface area (Å²) in [4.78, 5) is 7.40. The molecule has 0 aliphatic heterocycles. The molecule has 0 saturated heterocycles. The van der Waals surface area contributed by atoms with Gasteiger partial charge in [0.25, 0.3) is 0 Å². The van der Waals surface area contributed by atoms with Gasteiger partial charge < -0.3 is 10.3 Å². The fourth-order valence-electron chi connectivity index (χ4n) is 1.40. The third-order valence-corrected chi connectivity index (χ3v) is 3.29. The Morgan fingerprint density at radius 1 is 1.25 bits per heavy atom. The van der Waals surface area contributed by atoms with E-state index in [4.69, 9.17) is 34.8 Å². The van der Waals surface area contributed by atoms with Crippen LogP contribution in [0.15, 0.2) is 6.07 Å². The maximum atomic E-state index is 6.05. The summed E-state index contributed by atoms with van der Waals surface area (Å²) >= 11 is 17.9. The largest absolute Gasteiger partial charge is 0.354 e. The Morgan fingerprint density at radius 2 is 1.94 bits per heavy atom. The van der Waals surface area contributed by atoms with Gasteiger partial charge in [0.2, 0.25) is 5.95 Å². The topological polar surface area (TPSA) is 40.7 Å². The molecular weight excluding hydrogens is 268 g/mol. The zero-order valence-corrected chi connectivity index (χ0v) is 11.0. The highest BCUT2D eigenvalue weighted by atomic mass is 35.5. The number of nitrogens with zero attached hydrogens (tertiary/aromatic N) is 1. The molecule has 0 aliphatic rings. The van der Waals surface area contributed by atoms with Gasteiger partial charge in [-0.3, -0.25) is 0 Å². The van der Waals surface area contributed by atoms with Gasteiger partial charge in [-0.2, -0.15) is 0 Å². The quantitative estimate of drug-likeness (QED) is 0.802.